The van der Waals surface area contributed by atoms with E-state index in [1.807, 2.05) is 0 Å². The highest BCUT2D eigenvalue weighted by Gasteiger charge is 2.38. The Morgan fingerprint density at radius 2 is 1.85 bits per heavy atom. The van der Waals surface area contributed by atoms with Gasteiger partial charge in [0.2, 0.25) is 0 Å². The van der Waals surface area contributed by atoms with Crippen molar-refractivity contribution >= 4 is 12.6 Å². The number of hydrogen-bond donors (Lipinski definition) is 1. The van der Waals surface area contributed by atoms with Gasteiger partial charge in [-0.15, -0.1) is 0 Å². The van der Waals surface area contributed by atoms with E-state index in [1.54, 1.807) is 0 Å². The molecule has 0 spiro atoms. The standard InChI is InChI=1S/C9H7F3S/c10-4-1-6(5-3-8(5)13)9(12)7(11)2-4/h1-2,5,8,13H,3H2/t5-,8+/m1/s1. The van der Waals surface area contributed by atoms with Gasteiger partial charge in [-0.3, -0.25) is 0 Å². The van der Waals surface area contributed by atoms with E-state index in [9.17, 15) is 13.2 Å². The second-order valence-electron chi connectivity index (χ2n) is 3.20. The van der Waals surface area contributed by atoms with Crippen molar-refractivity contribution in [2.75, 3.05) is 0 Å². The first kappa shape index (κ1) is 8.94. The van der Waals surface area contributed by atoms with Crippen molar-refractivity contribution in [3.8, 4) is 0 Å². The van der Waals surface area contributed by atoms with Gasteiger partial charge in [0.15, 0.2) is 11.6 Å². The summed E-state index contributed by atoms with van der Waals surface area (Å²) >= 11 is 4.09. The zero-order valence-corrected chi connectivity index (χ0v) is 7.49. The van der Waals surface area contributed by atoms with Crippen LogP contribution in [0.15, 0.2) is 12.1 Å². The summed E-state index contributed by atoms with van der Waals surface area (Å²) in [6.07, 6.45) is 0.683. The molecule has 0 saturated heterocycles. The molecule has 0 amide bonds. The van der Waals surface area contributed by atoms with Gasteiger partial charge in [-0.2, -0.15) is 12.6 Å². The molecule has 0 bridgehead atoms. The minimum absolute atomic E-state index is 0.0377. The van der Waals surface area contributed by atoms with Crippen LogP contribution in [0.4, 0.5) is 13.2 Å². The Morgan fingerprint density at radius 3 is 2.38 bits per heavy atom. The molecule has 1 saturated carbocycles. The second-order valence-corrected chi connectivity index (χ2v) is 3.86. The lowest BCUT2D eigenvalue weighted by molar-refractivity contribution is 0.485. The number of halogens is 3. The second kappa shape index (κ2) is 2.94. The van der Waals surface area contributed by atoms with Crippen molar-refractivity contribution in [3.63, 3.8) is 0 Å². The normalized spacial score (nSPS) is 26.2. The molecule has 1 aromatic rings. The first-order valence-electron chi connectivity index (χ1n) is 3.92. The molecule has 2 rings (SSSR count). The van der Waals surface area contributed by atoms with E-state index in [0.717, 1.165) is 6.07 Å². The van der Waals surface area contributed by atoms with Crippen LogP contribution in [0.3, 0.4) is 0 Å². The van der Waals surface area contributed by atoms with Crippen LogP contribution in [0.1, 0.15) is 17.9 Å². The Labute approximate surface area is 79.2 Å². The summed E-state index contributed by atoms with van der Waals surface area (Å²) < 4.78 is 38.5. The molecule has 0 aromatic heterocycles. The van der Waals surface area contributed by atoms with Gasteiger partial charge >= 0.3 is 0 Å². The van der Waals surface area contributed by atoms with E-state index < -0.39 is 17.5 Å². The molecule has 0 N–H and O–H groups in total. The predicted octanol–water partition coefficient (Wildman–Crippen LogP) is 2.89. The van der Waals surface area contributed by atoms with Crippen LogP contribution in [-0.4, -0.2) is 5.25 Å². The summed E-state index contributed by atoms with van der Waals surface area (Å²) in [5.41, 5.74) is 0.109. The molecular formula is C9H7F3S. The van der Waals surface area contributed by atoms with Gasteiger partial charge in [0.1, 0.15) is 5.82 Å². The number of hydrogen-bond acceptors (Lipinski definition) is 1. The van der Waals surface area contributed by atoms with Crippen molar-refractivity contribution in [2.24, 2.45) is 0 Å². The topological polar surface area (TPSA) is 0 Å². The van der Waals surface area contributed by atoms with Crippen LogP contribution in [0, 0.1) is 17.5 Å². The van der Waals surface area contributed by atoms with Gasteiger partial charge < -0.3 is 0 Å². The largest absolute Gasteiger partial charge is 0.207 e. The van der Waals surface area contributed by atoms with Crippen LogP contribution in [0.25, 0.3) is 0 Å². The SMILES string of the molecule is Fc1cc(F)c(F)c([C@H]2C[C@@H]2S)c1. The molecule has 2 atom stereocenters. The summed E-state index contributed by atoms with van der Waals surface area (Å²) in [6, 6.07) is 1.59. The molecule has 4 heteroatoms. The maximum Gasteiger partial charge on any atom is 0.162 e. The summed E-state index contributed by atoms with van der Waals surface area (Å²) in [7, 11) is 0. The molecule has 0 unspecified atom stereocenters. The Balaban J connectivity index is 2.44. The molecule has 13 heavy (non-hydrogen) atoms. The van der Waals surface area contributed by atoms with Crippen LogP contribution in [0.2, 0.25) is 0 Å². The number of rotatable bonds is 1. The van der Waals surface area contributed by atoms with Gasteiger partial charge in [0.25, 0.3) is 0 Å². The van der Waals surface area contributed by atoms with Gasteiger partial charge in [-0.1, -0.05) is 0 Å². The van der Waals surface area contributed by atoms with E-state index in [-0.39, 0.29) is 16.7 Å². The van der Waals surface area contributed by atoms with Crippen LogP contribution in [-0.2, 0) is 0 Å². The highest BCUT2D eigenvalue weighted by molar-refractivity contribution is 7.81. The smallest absolute Gasteiger partial charge is 0.162 e. The van der Waals surface area contributed by atoms with Gasteiger partial charge in [0, 0.05) is 11.3 Å². The van der Waals surface area contributed by atoms with Crippen molar-refractivity contribution in [1.82, 2.24) is 0 Å². The molecular weight excluding hydrogens is 197 g/mol. The number of thiol groups is 1. The summed E-state index contributed by atoms with van der Waals surface area (Å²) in [6.45, 7) is 0. The predicted molar refractivity (Wildman–Crippen MR) is 46.4 cm³/mol. The molecule has 1 aliphatic rings. The molecule has 1 aromatic carbocycles. The maximum absolute atomic E-state index is 13.1. The zero-order chi connectivity index (χ0) is 9.59. The Kier molecular flexibility index (Phi) is 2.02. The van der Waals surface area contributed by atoms with E-state index in [2.05, 4.69) is 12.6 Å². The average molecular weight is 204 g/mol. The first-order chi connectivity index (χ1) is 6.09. The fourth-order valence-electron chi connectivity index (χ4n) is 1.36. The zero-order valence-electron chi connectivity index (χ0n) is 6.60. The van der Waals surface area contributed by atoms with E-state index >= 15 is 0 Å². The molecule has 0 heterocycles. The van der Waals surface area contributed by atoms with Crippen molar-refractivity contribution < 1.29 is 13.2 Å². The van der Waals surface area contributed by atoms with Crippen LogP contribution < -0.4 is 0 Å². The third kappa shape index (κ3) is 1.55. The van der Waals surface area contributed by atoms with E-state index in [0.29, 0.717) is 12.5 Å². The molecule has 0 radical (unpaired) electrons. The van der Waals surface area contributed by atoms with E-state index in [4.69, 9.17) is 0 Å². The Morgan fingerprint density at radius 1 is 1.23 bits per heavy atom. The quantitative estimate of drug-likeness (QED) is 0.527. The maximum atomic E-state index is 13.1. The van der Waals surface area contributed by atoms with Crippen molar-refractivity contribution in [2.45, 2.75) is 17.6 Å². The fraction of sp³-hybridized carbons (Fsp3) is 0.333. The third-order valence-corrected chi connectivity index (χ3v) is 2.75. The lowest BCUT2D eigenvalue weighted by Crippen LogP contribution is -1.95. The Hall–Kier alpha value is -0.640. The summed E-state index contributed by atoms with van der Waals surface area (Å²) in [5, 5.41) is 0.0377. The molecule has 0 aliphatic heterocycles. The van der Waals surface area contributed by atoms with E-state index in [1.165, 1.54) is 0 Å². The first-order valence-corrected chi connectivity index (χ1v) is 4.43. The Bertz CT molecular complexity index is 351. The molecule has 70 valence electrons. The lowest BCUT2D eigenvalue weighted by Gasteiger charge is -2.02. The van der Waals surface area contributed by atoms with Crippen LogP contribution in [0.5, 0.6) is 0 Å². The fourth-order valence-corrected chi connectivity index (χ4v) is 1.75. The third-order valence-electron chi connectivity index (χ3n) is 2.18. The summed E-state index contributed by atoms with van der Waals surface area (Å²) in [5.74, 6) is -2.93. The minimum atomic E-state index is -1.12. The highest BCUT2D eigenvalue weighted by Crippen LogP contribution is 2.46. The average Bonchev–Trinajstić information content (AvgIpc) is 2.75. The molecule has 1 fully saturated rings. The monoisotopic (exact) mass is 204 g/mol. The summed E-state index contributed by atoms with van der Waals surface area (Å²) in [4.78, 5) is 0. The molecule has 0 nitrogen and oxygen atoms in total. The minimum Gasteiger partial charge on any atom is -0.207 e. The van der Waals surface area contributed by atoms with Gasteiger partial charge in [-0.25, -0.2) is 13.2 Å². The number of benzene rings is 1. The highest BCUT2D eigenvalue weighted by atomic mass is 32.1. The van der Waals surface area contributed by atoms with Crippen molar-refractivity contribution in [3.05, 3.63) is 35.1 Å². The van der Waals surface area contributed by atoms with Crippen molar-refractivity contribution in [1.29, 1.82) is 0 Å². The lowest BCUT2D eigenvalue weighted by atomic mass is 10.1. The molecule has 1 aliphatic carbocycles. The van der Waals surface area contributed by atoms with Gasteiger partial charge in [0.05, 0.1) is 0 Å². The van der Waals surface area contributed by atoms with Gasteiger partial charge in [-0.05, 0) is 24.0 Å². The van der Waals surface area contributed by atoms with Crippen LogP contribution >= 0.6 is 12.6 Å².